The van der Waals surface area contributed by atoms with Crippen molar-refractivity contribution in [2.45, 2.75) is 13.5 Å². The zero-order valence-corrected chi connectivity index (χ0v) is 12.9. The monoisotopic (exact) mass is 311 g/mol. The predicted octanol–water partition coefficient (Wildman–Crippen LogP) is 2.83. The van der Waals surface area contributed by atoms with Crippen LogP contribution in [0.15, 0.2) is 53.3 Å². The van der Waals surface area contributed by atoms with E-state index in [1.54, 1.807) is 17.9 Å². The third kappa shape index (κ3) is 3.39. The number of para-hydroxylation sites is 2. The lowest BCUT2D eigenvalue weighted by atomic mass is 10.2. The highest BCUT2D eigenvalue weighted by Gasteiger charge is 2.14. The van der Waals surface area contributed by atoms with Crippen LogP contribution in [0.25, 0.3) is 5.69 Å². The molecule has 0 atom stereocenters. The summed E-state index contributed by atoms with van der Waals surface area (Å²) < 4.78 is 6.72. The van der Waals surface area contributed by atoms with Gasteiger partial charge in [-0.2, -0.15) is 5.10 Å². The number of nitrogens with one attached hydrogen (secondary N) is 1. The Kier molecular flexibility index (Phi) is 4.09. The van der Waals surface area contributed by atoms with Gasteiger partial charge in [-0.05, 0) is 25.1 Å². The molecule has 0 radical (unpaired) electrons. The van der Waals surface area contributed by atoms with Gasteiger partial charge >= 0.3 is 6.03 Å². The molecule has 0 saturated heterocycles. The van der Waals surface area contributed by atoms with E-state index in [-0.39, 0.29) is 6.03 Å². The van der Waals surface area contributed by atoms with Crippen molar-refractivity contribution >= 4 is 11.7 Å². The first kappa shape index (κ1) is 14.8. The summed E-state index contributed by atoms with van der Waals surface area (Å²) in [4.78, 5) is 13.9. The van der Waals surface area contributed by atoms with E-state index >= 15 is 0 Å². The summed E-state index contributed by atoms with van der Waals surface area (Å²) in [7, 11) is 1.70. The van der Waals surface area contributed by atoms with Crippen molar-refractivity contribution in [1.82, 2.24) is 19.8 Å². The summed E-state index contributed by atoms with van der Waals surface area (Å²) in [6.45, 7) is 2.18. The van der Waals surface area contributed by atoms with Gasteiger partial charge in [0.1, 0.15) is 11.5 Å². The maximum Gasteiger partial charge on any atom is 0.322 e. The number of carbonyl (C=O) groups excluding carboxylic acids is 1. The van der Waals surface area contributed by atoms with Crippen LogP contribution in [0.1, 0.15) is 11.5 Å². The topological polar surface area (TPSA) is 76.2 Å². The van der Waals surface area contributed by atoms with Crippen molar-refractivity contribution in [2.75, 3.05) is 12.4 Å². The number of carbonyl (C=O) groups is 1. The SMILES string of the molecule is Cc1cc(CN(C)C(=O)Nc2ccccc2-n2cccn2)no1. The highest BCUT2D eigenvalue weighted by Crippen LogP contribution is 2.19. The molecule has 2 heterocycles. The Morgan fingerprint density at radius 1 is 1.35 bits per heavy atom. The van der Waals surface area contributed by atoms with E-state index in [9.17, 15) is 4.79 Å². The second-order valence-corrected chi connectivity index (χ2v) is 5.18. The van der Waals surface area contributed by atoms with E-state index < -0.39 is 0 Å². The lowest BCUT2D eigenvalue weighted by molar-refractivity contribution is 0.219. The summed E-state index contributed by atoms with van der Waals surface area (Å²) in [6.07, 6.45) is 3.52. The Balaban J connectivity index is 1.73. The Morgan fingerprint density at radius 2 is 2.17 bits per heavy atom. The summed E-state index contributed by atoms with van der Waals surface area (Å²) in [6, 6.07) is 10.9. The number of rotatable bonds is 4. The second-order valence-electron chi connectivity index (χ2n) is 5.18. The summed E-state index contributed by atoms with van der Waals surface area (Å²) in [5.41, 5.74) is 2.20. The van der Waals surface area contributed by atoms with Crippen LogP contribution >= 0.6 is 0 Å². The first-order valence-corrected chi connectivity index (χ1v) is 7.17. The molecule has 0 spiro atoms. The molecule has 0 aliphatic heterocycles. The molecule has 1 aromatic carbocycles. The maximum absolute atomic E-state index is 12.4. The van der Waals surface area contributed by atoms with Crippen molar-refractivity contribution in [3.05, 3.63) is 60.2 Å². The van der Waals surface area contributed by atoms with Crippen LogP contribution < -0.4 is 5.32 Å². The third-order valence-corrected chi connectivity index (χ3v) is 3.32. The summed E-state index contributed by atoms with van der Waals surface area (Å²) >= 11 is 0. The van der Waals surface area contributed by atoms with Gasteiger partial charge in [-0.3, -0.25) is 0 Å². The Bertz CT molecular complexity index is 794. The summed E-state index contributed by atoms with van der Waals surface area (Å²) in [5, 5.41) is 11.0. The van der Waals surface area contributed by atoms with E-state index in [1.807, 2.05) is 49.5 Å². The fourth-order valence-corrected chi connectivity index (χ4v) is 2.21. The van der Waals surface area contributed by atoms with Gasteiger partial charge in [0.15, 0.2) is 0 Å². The molecule has 0 unspecified atom stereocenters. The van der Waals surface area contributed by atoms with E-state index in [0.717, 1.165) is 11.4 Å². The number of urea groups is 1. The number of nitrogens with zero attached hydrogens (tertiary/aromatic N) is 4. The lowest BCUT2D eigenvalue weighted by Gasteiger charge is -2.18. The van der Waals surface area contributed by atoms with Gasteiger partial charge in [-0.15, -0.1) is 0 Å². The number of anilines is 1. The molecule has 2 amide bonds. The maximum atomic E-state index is 12.4. The molecule has 0 aliphatic carbocycles. The molecule has 118 valence electrons. The van der Waals surface area contributed by atoms with Crippen molar-refractivity contribution in [3.63, 3.8) is 0 Å². The van der Waals surface area contributed by atoms with Crippen LogP contribution in [-0.4, -0.2) is 32.9 Å². The quantitative estimate of drug-likeness (QED) is 0.804. The fourth-order valence-electron chi connectivity index (χ4n) is 2.21. The van der Waals surface area contributed by atoms with Gasteiger partial charge in [0.2, 0.25) is 0 Å². The molecule has 3 aromatic rings. The first-order chi connectivity index (χ1) is 11.1. The van der Waals surface area contributed by atoms with Gasteiger partial charge in [0.05, 0.1) is 17.9 Å². The van der Waals surface area contributed by atoms with E-state index in [4.69, 9.17) is 4.52 Å². The van der Waals surface area contributed by atoms with Gasteiger partial charge in [0, 0.05) is 25.5 Å². The van der Waals surface area contributed by atoms with E-state index in [0.29, 0.717) is 17.9 Å². The number of aryl methyl sites for hydroxylation is 1. The van der Waals surface area contributed by atoms with Gasteiger partial charge in [0.25, 0.3) is 0 Å². The van der Waals surface area contributed by atoms with Crippen LogP contribution in [0.2, 0.25) is 0 Å². The number of hydrogen-bond acceptors (Lipinski definition) is 4. The number of aromatic nitrogens is 3. The average Bonchev–Trinajstić information content (AvgIpc) is 3.19. The van der Waals surface area contributed by atoms with Gasteiger partial charge in [-0.1, -0.05) is 17.3 Å². The highest BCUT2D eigenvalue weighted by atomic mass is 16.5. The van der Waals surface area contributed by atoms with Crippen LogP contribution in [0.3, 0.4) is 0 Å². The molecule has 23 heavy (non-hydrogen) atoms. The molecule has 0 bridgehead atoms. The molecule has 0 fully saturated rings. The number of benzene rings is 1. The van der Waals surface area contributed by atoms with Crippen LogP contribution in [0, 0.1) is 6.92 Å². The molecule has 3 rings (SSSR count). The average molecular weight is 311 g/mol. The minimum Gasteiger partial charge on any atom is -0.361 e. The smallest absolute Gasteiger partial charge is 0.322 e. The summed E-state index contributed by atoms with van der Waals surface area (Å²) in [5.74, 6) is 0.720. The minimum atomic E-state index is -0.231. The standard InChI is InChI=1S/C16H17N5O2/c1-12-10-13(19-23-12)11-20(2)16(22)18-14-6-3-4-7-15(14)21-9-5-8-17-21/h3-10H,11H2,1-2H3,(H,18,22). The minimum absolute atomic E-state index is 0.231. The number of amides is 2. The second kappa shape index (κ2) is 6.35. The van der Waals surface area contributed by atoms with Crippen molar-refractivity contribution in [3.8, 4) is 5.69 Å². The predicted molar refractivity (Wildman–Crippen MR) is 85.3 cm³/mol. The Labute approximate surface area is 133 Å². The van der Waals surface area contributed by atoms with Crippen molar-refractivity contribution in [1.29, 1.82) is 0 Å². The Hall–Kier alpha value is -3.09. The normalized spacial score (nSPS) is 10.5. The molecular weight excluding hydrogens is 294 g/mol. The first-order valence-electron chi connectivity index (χ1n) is 7.17. The fraction of sp³-hybridized carbons (Fsp3) is 0.188. The Morgan fingerprint density at radius 3 is 2.87 bits per heavy atom. The van der Waals surface area contributed by atoms with Gasteiger partial charge < -0.3 is 14.7 Å². The zero-order chi connectivity index (χ0) is 16.2. The number of hydrogen-bond donors (Lipinski definition) is 1. The molecule has 2 aromatic heterocycles. The highest BCUT2D eigenvalue weighted by molar-refractivity contribution is 5.91. The zero-order valence-electron chi connectivity index (χ0n) is 12.9. The van der Waals surface area contributed by atoms with Crippen LogP contribution in [0.4, 0.5) is 10.5 Å². The third-order valence-electron chi connectivity index (χ3n) is 3.32. The lowest BCUT2D eigenvalue weighted by Crippen LogP contribution is -2.31. The van der Waals surface area contributed by atoms with Crippen molar-refractivity contribution < 1.29 is 9.32 Å². The van der Waals surface area contributed by atoms with Crippen molar-refractivity contribution in [2.24, 2.45) is 0 Å². The molecule has 0 aliphatic rings. The molecule has 7 heteroatoms. The molecular formula is C16H17N5O2. The van der Waals surface area contributed by atoms with E-state index in [1.165, 1.54) is 4.90 Å². The van der Waals surface area contributed by atoms with E-state index in [2.05, 4.69) is 15.6 Å². The largest absolute Gasteiger partial charge is 0.361 e. The van der Waals surface area contributed by atoms with Crippen LogP contribution in [0.5, 0.6) is 0 Å². The van der Waals surface area contributed by atoms with Crippen LogP contribution in [-0.2, 0) is 6.54 Å². The molecule has 1 N–H and O–H groups in total. The molecule has 0 saturated carbocycles. The van der Waals surface area contributed by atoms with Gasteiger partial charge in [-0.25, -0.2) is 9.48 Å². The molecule has 7 nitrogen and oxygen atoms in total.